The number of H-pyrrole nitrogens is 1. The summed E-state index contributed by atoms with van der Waals surface area (Å²) in [6.07, 6.45) is 4.54. The van der Waals surface area contributed by atoms with Crippen LogP contribution in [0.15, 0.2) is 36.7 Å². The van der Waals surface area contributed by atoms with Gasteiger partial charge in [0.2, 0.25) is 5.91 Å². The van der Waals surface area contributed by atoms with Crippen LogP contribution in [0.3, 0.4) is 0 Å². The predicted molar refractivity (Wildman–Crippen MR) is 135 cm³/mol. The Kier molecular flexibility index (Phi) is 5.81. The molecule has 1 aromatic carbocycles. The molecule has 2 atom stereocenters. The summed E-state index contributed by atoms with van der Waals surface area (Å²) in [5.74, 6) is -0.879. The van der Waals surface area contributed by atoms with E-state index in [1.54, 1.807) is 23.1 Å². The van der Waals surface area contributed by atoms with Crippen molar-refractivity contribution in [3.8, 4) is 16.3 Å². The Morgan fingerprint density at radius 1 is 1.22 bits per heavy atom. The number of amides is 2. The zero-order valence-electron chi connectivity index (χ0n) is 18.9. The zero-order chi connectivity index (χ0) is 25.8. The second-order valence-electron chi connectivity index (χ2n) is 8.69. The summed E-state index contributed by atoms with van der Waals surface area (Å²) in [7, 11) is 0. The van der Waals surface area contributed by atoms with Crippen LogP contribution in [-0.4, -0.2) is 52.9 Å². The number of tetrazole rings is 1. The molecule has 0 bridgehead atoms. The maximum atomic E-state index is 15.3. The minimum Gasteiger partial charge on any atom is -0.365 e. The SMILES string of the molecule is NC(=O)c1ccc(-c2nc([C@@H]3CC[C@@H]4CC(c5c(-n6cnnn6)ccc(Cl)c5F)=CC(=O)N43)[nH]c2Cl)s1. The van der Waals surface area contributed by atoms with Gasteiger partial charge in [-0.2, -0.15) is 4.68 Å². The van der Waals surface area contributed by atoms with Gasteiger partial charge in [-0.15, -0.1) is 16.4 Å². The first-order chi connectivity index (χ1) is 17.8. The number of nitrogens with two attached hydrogens (primary N) is 1. The number of primary amides is 1. The molecule has 2 amide bonds. The van der Waals surface area contributed by atoms with E-state index in [9.17, 15) is 9.59 Å². The van der Waals surface area contributed by atoms with Gasteiger partial charge in [0, 0.05) is 17.7 Å². The standard InChI is InChI=1S/C23H17Cl2FN8O2S/c24-12-2-4-13(33-9-28-31-32-33)18(19(12)26)10-7-11-1-3-14(34(11)17(35)8-10)23-29-20(21(25)30-23)15-5-6-16(37-15)22(27)36/h2,4-6,8-9,11,14H,1,3,7H2,(H2,27,36)(H,29,30)/t11-,14+/m1/s1. The number of hydrogen-bond donors (Lipinski definition) is 2. The van der Waals surface area contributed by atoms with E-state index < -0.39 is 11.7 Å². The van der Waals surface area contributed by atoms with Crippen molar-refractivity contribution in [2.24, 2.45) is 5.73 Å². The van der Waals surface area contributed by atoms with Crippen molar-refractivity contribution in [3.63, 3.8) is 0 Å². The molecule has 2 aliphatic heterocycles. The van der Waals surface area contributed by atoms with Crippen LogP contribution in [0.1, 0.15) is 46.4 Å². The van der Waals surface area contributed by atoms with Gasteiger partial charge in [-0.05, 0) is 59.5 Å². The highest BCUT2D eigenvalue weighted by Crippen LogP contribution is 2.45. The Labute approximate surface area is 222 Å². The van der Waals surface area contributed by atoms with E-state index in [2.05, 4.69) is 25.5 Å². The number of nitrogens with one attached hydrogen (secondary N) is 1. The van der Waals surface area contributed by atoms with E-state index in [0.29, 0.717) is 56.9 Å². The maximum absolute atomic E-state index is 15.3. The Bertz CT molecular complexity index is 1580. The molecule has 14 heteroatoms. The largest absolute Gasteiger partial charge is 0.365 e. The average molecular weight is 559 g/mol. The average Bonchev–Trinajstić information content (AvgIpc) is 3.66. The lowest BCUT2D eigenvalue weighted by atomic mass is 9.92. The van der Waals surface area contributed by atoms with Gasteiger partial charge < -0.3 is 15.6 Å². The normalized spacial score (nSPS) is 19.3. The summed E-state index contributed by atoms with van der Waals surface area (Å²) < 4.78 is 16.6. The monoisotopic (exact) mass is 558 g/mol. The molecule has 188 valence electrons. The Morgan fingerprint density at radius 3 is 2.78 bits per heavy atom. The third-order valence-electron chi connectivity index (χ3n) is 6.58. The fraction of sp³-hybridized carbons (Fsp3) is 0.217. The molecule has 1 fully saturated rings. The van der Waals surface area contributed by atoms with Crippen LogP contribution >= 0.6 is 34.5 Å². The molecule has 0 unspecified atom stereocenters. The van der Waals surface area contributed by atoms with Gasteiger partial charge >= 0.3 is 0 Å². The smallest absolute Gasteiger partial charge is 0.258 e. The highest BCUT2D eigenvalue weighted by Gasteiger charge is 2.42. The number of nitrogens with zero attached hydrogens (tertiary/aromatic N) is 6. The van der Waals surface area contributed by atoms with Crippen molar-refractivity contribution < 1.29 is 14.0 Å². The van der Waals surface area contributed by atoms with Gasteiger partial charge in [0.05, 0.1) is 26.5 Å². The number of carbonyl (C=O) groups is 2. The first-order valence-electron chi connectivity index (χ1n) is 11.2. The molecule has 10 nitrogen and oxygen atoms in total. The minimum atomic E-state index is -0.634. The van der Waals surface area contributed by atoms with Crippen LogP contribution in [0.2, 0.25) is 10.2 Å². The van der Waals surface area contributed by atoms with Crippen LogP contribution in [-0.2, 0) is 4.79 Å². The number of hydrogen-bond acceptors (Lipinski definition) is 7. The van der Waals surface area contributed by atoms with Crippen LogP contribution in [0.4, 0.5) is 4.39 Å². The number of carbonyl (C=O) groups excluding carboxylic acids is 2. The lowest BCUT2D eigenvalue weighted by Gasteiger charge is -2.33. The van der Waals surface area contributed by atoms with E-state index in [0.717, 1.165) is 0 Å². The molecule has 0 radical (unpaired) electrons. The van der Waals surface area contributed by atoms with Crippen molar-refractivity contribution in [3.05, 3.63) is 68.9 Å². The molecule has 6 rings (SSSR count). The molecular formula is C23H17Cl2FN8O2S. The van der Waals surface area contributed by atoms with E-state index in [-0.39, 0.29) is 28.6 Å². The van der Waals surface area contributed by atoms with Crippen molar-refractivity contribution in [1.82, 2.24) is 35.1 Å². The fourth-order valence-corrected chi connectivity index (χ4v) is 6.30. The minimum absolute atomic E-state index is 0.0577. The molecule has 2 aliphatic rings. The number of thiophene rings is 1. The number of aromatic nitrogens is 6. The molecule has 3 N–H and O–H groups in total. The molecule has 3 aromatic heterocycles. The lowest BCUT2D eigenvalue weighted by Crippen LogP contribution is -2.39. The van der Waals surface area contributed by atoms with Gasteiger partial charge in [-0.1, -0.05) is 23.2 Å². The van der Waals surface area contributed by atoms with Gasteiger partial charge in [-0.25, -0.2) is 9.37 Å². The molecule has 5 heterocycles. The highest BCUT2D eigenvalue weighted by molar-refractivity contribution is 7.17. The molecule has 0 spiro atoms. The second-order valence-corrected chi connectivity index (χ2v) is 10.6. The number of halogens is 3. The van der Waals surface area contributed by atoms with E-state index in [1.165, 1.54) is 34.5 Å². The quantitative estimate of drug-likeness (QED) is 0.377. The van der Waals surface area contributed by atoms with Crippen LogP contribution < -0.4 is 5.73 Å². The van der Waals surface area contributed by atoms with Crippen molar-refractivity contribution in [2.75, 3.05) is 0 Å². The van der Waals surface area contributed by atoms with Crippen molar-refractivity contribution in [2.45, 2.75) is 31.3 Å². The predicted octanol–water partition coefficient (Wildman–Crippen LogP) is 4.18. The van der Waals surface area contributed by atoms with Crippen molar-refractivity contribution in [1.29, 1.82) is 0 Å². The topological polar surface area (TPSA) is 136 Å². The van der Waals surface area contributed by atoms with Crippen molar-refractivity contribution >= 4 is 51.9 Å². The molecular weight excluding hydrogens is 542 g/mol. The van der Waals surface area contributed by atoms with Crippen LogP contribution in [0.25, 0.3) is 21.8 Å². The number of fused-ring (bicyclic) bond motifs is 1. The third-order valence-corrected chi connectivity index (χ3v) is 8.25. The Balaban J connectivity index is 1.33. The van der Waals surface area contributed by atoms with Gasteiger partial charge in [0.1, 0.15) is 23.0 Å². The highest BCUT2D eigenvalue weighted by atomic mass is 35.5. The third kappa shape index (κ3) is 4.01. The van der Waals surface area contributed by atoms with Crippen LogP contribution in [0.5, 0.6) is 0 Å². The zero-order valence-corrected chi connectivity index (χ0v) is 21.2. The van der Waals surface area contributed by atoms with Gasteiger partial charge in [-0.3, -0.25) is 9.59 Å². The molecule has 0 saturated carbocycles. The molecule has 0 aliphatic carbocycles. The summed E-state index contributed by atoms with van der Waals surface area (Å²) in [6, 6.07) is 5.90. The summed E-state index contributed by atoms with van der Waals surface area (Å²) in [5.41, 5.74) is 6.96. The first kappa shape index (κ1) is 23.8. The number of imidazole rings is 1. The Morgan fingerprint density at radius 2 is 2.05 bits per heavy atom. The number of aromatic amines is 1. The summed E-state index contributed by atoms with van der Waals surface area (Å²) in [6.45, 7) is 0. The fourth-order valence-electron chi connectivity index (χ4n) is 4.99. The summed E-state index contributed by atoms with van der Waals surface area (Å²) in [4.78, 5) is 35.5. The van der Waals surface area contributed by atoms with E-state index >= 15 is 4.39 Å². The van der Waals surface area contributed by atoms with Gasteiger partial charge in [0.15, 0.2) is 5.82 Å². The summed E-state index contributed by atoms with van der Waals surface area (Å²) >= 11 is 13.7. The van der Waals surface area contributed by atoms with E-state index in [1.807, 2.05) is 0 Å². The summed E-state index contributed by atoms with van der Waals surface area (Å²) in [5, 5.41) is 11.4. The maximum Gasteiger partial charge on any atom is 0.258 e. The second kappa shape index (κ2) is 9.05. The Hall–Kier alpha value is -3.61. The number of benzene rings is 1. The number of rotatable bonds is 5. The molecule has 37 heavy (non-hydrogen) atoms. The van der Waals surface area contributed by atoms with Crippen LogP contribution in [0, 0.1) is 5.82 Å². The van der Waals surface area contributed by atoms with E-state index in [4.69, 9.17) is 28.9 Å². The lowest BCUT2D eigenvalue weighted by molar-refractivity contribution is -0.129. The molecule has 1 saturated heterocycles. The first-order valence-corrected chi connectivity index (χ1v) is 12.8. The van der Waals surface area contributed by atoms with Gasteiger partial charge in [0.25, 0.3) is 5.91 Å². The molecule has 4 aromatic rings.